The Balaban J connectivity index is 1.42. The number of benzene rings is 2. The van der Waals surface area contributed by atoms with Gasteiger partial charge in [-0.3, -0.25) is 4.90 Å². The van der Waals surface area contributed by atoms with Crippen molar-refractivity contribution in [1.82, 2.24) is 29.4 Å². The molecule has 0 unspecified atom stereocenters. The normalized spacial score (nSPS) is 16.2. The van der Waals surface area contributed by atoms with Gasteiger partial charge in [-0.25, -0.2) is 8.42 Å². The van der Waals surface area contributed by atoms with Crippen LogP contribution in [0.2, 0.25) is 5.02 Å². The van der Waals surface area contributed by atoms with Crippen molar-refractivity contribution in [3.63, 3.8) is 0 Å². The minimum Gasteiger partial charge on any atom is -0.293 e. The van der Waals surface area contributed by atoms with Crippen molar-refractivity contribution in [2.75, 3.05) is 26.2 Å². The van der Waals surface area contributed by atoms with Crippen LogP contribution < -0.4 is 0 Å². The third kappa shape index (κ3) is 4.51. The Kier molecular flexibility index (Phi) is 5.98. The summed E-state index contributed by atoms with van der Waals surface area (Å²) in [7, 11) is -3.49. The number of tetrazole rings is 1. The number of hydrogen-bond acceptors (Lipinski definition) is 6. The predicted octanol–water partition coefficient (Wildman–Crippen LogP) is 2.58. The van der Waals surface area contributed by atoms with Crippen LogP contribution in [0.1, 0.15) is 5.82 Å². The molecule has 0 spiro atoms. The van der Waals surface area contributed by atoms with E-state index in [1.807, 2.05) is 12.1 Å². The zero-order chi connectivity index (χ0) is 20.4. The third-order valence-corrected chi connectivity index (χ3v) is 7.45. The largest absolute Gasteiger partial charge is 0.293 e. The van der Waals surface area contributed by atoms with E-state index in [4.69, 9.17) is 11.6 Å². The lowest BCUT2D eigenvalue weighted by molar-refractivity contribution is 0.177. The predicted molar refractivity (Wildman–Crippen MR) is 112 cm³/mol. The van der Waals surface area contributed by atoms with E-state index in [0.29, 0.717) is 48.5 Å². The summed E-state index contributed by atoms with van der Waals surface area (Å²) in [5, 5.41) is 12.6. The molecular weight excluding hydrogens is 480 g/mol. The second-order valence-electron chi connectivity index (χ2n) is 6.62. The third-order valence-electron chi connectivity index (χ3n) is 4.75. The summed E-state index contributed by atoms with van der Waals surface area (Å²) in [5.41, 5.74) is 0.825. The van der Waals surface area contributed by atoms with Crippen LogP contribution in [0.3, 0.4) is 0 Å². The van der Waals surface area contributed by atoms with Gasteiger partial charge in [0.05, 0.1) is 17.1 Å². The lowest BCUT2D eigenvalue weighted by Crippen LogP contribution is -2.48. The second kappa shape index (κ2) is 8.49. The molecule has 1 saturated heterocycles. The van der Waals surface area contributed by atoms with E-state index < -0.39 is 10.0 Å². The maximum Gasteiger partial charge on any atom is 0.243 e. The van der Waals surface area contributed by atoms with Crippen LogP contribution in [0.4, 0.5) is 0 Å². The Hall–Kier alpha value is -1.85. The molecule has 2 heterocycles. The Morgan fingerprint density at radius 2 is 1.62 bits per heavy atom. The summed E-state index contributed by atoms with van der Waals surface area (Å²) < 4.78 is 29.7. The Morgan fingerprint density at radius 3 is 2.28 bits per heavy atom. The zero-order valence-electron chi connectivity index (χ0n) is 15.3. The average molecular weight is 498 g/mol. The van der Waals surface area contributed by atoms with Crippen LogP contribution in [0.25, 0.3) is 5.69 Å². The first kappa shape index (κ1) is 20.4. The number of hydrogen-bond donors (Lipinski definition) is 0. The van der Waals surface area contributed by atoms with Gasteiger partial charge in [-0.2, -0.15) is 8.99 Å². The summed E-state index contributed by atoms with van der Waals surface area (Å²) in [6.07, 6.45) is 0. The van der Waals surface area contributed by atoms with Gasteiger partial charge in [-0.05, 0) is 59.0 Å². The van der Waals surface area contributed by atoms with Crippen molar-refractivity contribution in [3.05, 3.63) is 63.9 Å². The van der Waals surface area contributed by atoms with Gasteiger partial charge < -0.3 is 0 Å². The summed E-state index contributed by atoms with van der Waals surface area (Å²) in [6, 6.07) is 14.0. The van der Waals surface area contributed by atoms with Crippen LogP contribution >= 0.6 is 27.5 Å². The van der Waals surface area contributed by atoms with Crippen LogP contribution in [-0.4, -0.2) is 64.0 Å². The number of piperazine rings is 1. The molecule has 4 rings (SSSR count). The second-order valence-corrected chi connectivity index (χ2v) is 9.91. The fraction of sp³-hybridized carbons (Fsp3) is 0.278. The average Bonchev–Trinajstić information content (AvgIpc) is 3.17. The highest BCUT2D eigenvalue weighted by molar-refractivity contribution is 9.10. The lowest BCUT2D eigenvalue weighted by Gasteiger charge is -2.33. The molecular formula is C18H18BrClN6O2S. The monoisotopic (exact) mass is 496 g/mol. The highest BCUT2D eigenvalue weighted by Crippen LogP contribution is 2.21. The van der Waals surface area contributed by atoms with Crippen molar-refractivity contribution in [2.45, 2.75) is 11.4 Å². The van der Waals surface area contributed by atoms with Crippen LogP contribution in [0, 0.1) is 0 Å². The smallest absolute Gasteiger partial charge is 0.243 e. The van der Waals surface area contributed by atoms with Gasteiger partial charge in [0, 0.05) is 35.7 Å². The molecule has 0 amide bonds. The molecule has 1 aromatic heterocycles. The molecule has 0 bridgehead atoms. The number of rotatable bonds is 5. The number of halogens is 2. The standard InChI is InChI=1S/C18H18BrClN6O2S/c19-14-1-7-17(8-2-14)29(27,28)25-11-9-24(10-12-25)13-18-21-22-23-26(18)16-5-3-15(20)4-6-16/h1-8H,9-13H2. The SMILES string of the molecule is O=S(=O)(c1ccc(Br)cc1)N1CCN(Cc2nnnn2-c2ccc(Cl)cc2)CC1. The zero-order valence-corrected chi connectivity index (χ0v) is 18.5. The topological polar surface area (TPSA) is 84.2 Å². The minimum atomic E-state index is -3.49. The molecule has 29 heavy (non-hydrogen) atoms. The molecule has 0 saturated carbocycles. The molecule has 3 aromatic rings. The Morgan fingerprint density at radius 1 is 0.966 bits per heavy atom. The summed E-state index contributed by atoms with van der Waals surface area (Å²) in [4.78, 5) is 2.45. The summed E-state index contributed by atoms with van der Waals surface area (Å²) in [5.74, 6) is 0.691. The molecule has 8 nitrogen and oxygen atoms in total. The minimum absolute atomic E-state index is 0.306. The molecule has 1 aliphatic rings. The van der Waals surface area contributed by atoms with Gasteiger partial charge in [0.1, 0.15) is 0 Å². The van der Waals surface area contributed by atoms with Crippen molar-refractivity contribution >= 4 is 37.6 Å². The van der Waals surface area contributed by atoms with Gasteiger partial charge in [0.2, 0.25) is 10.0 Å². The van der Waals surface area contributed by atoms with Crippen molar-refractivity contribution < 1.29 is 8.42 Å². The Bertz CT molecular complexity index is 1080. The van der Waals surface area contributed by atoms with Gasteiger partial charge in [-0.15, -0.1) is 5.10 Å². The number of aromatic nitrogens is 4. The van der Waals surface area contributed by atoms with E-state index in [2.05, 4.69) is 36.4 Å². The highest BCUT2D eigenvalue weighted by atomic mass is 79.9. The van der Waals surface area contributed by atoms with Crippen LogP contribution in [0.15, 0.2) is 57.9 Å². The summed E-state index contributed by atoms with van der Waals surface area (Å²) in [6.45, 7) is 2.57. The van der Waals surface area contributed by atoms with Gasteiger partial charge in [0.25, 0.3) is 0 Å². The number of nitrogens with zero attached hydrogens (tertiary/aromatic N) is 6. The first-order chi connectivity index (χ1) is 13.9. The Labute approximate surface area is 182 Å². The number of sulfonamides is 1. The van der Waals surface area contributed by atoms with E-state index >= 15 is 0 Å². The molecule has 2 aromatic carbocycles. The molecule has 1 fully saturated rings. The maximum absolute atomic E-state index is 12.8. The van der Waals surface area contributed by atoms with E-state index in [-0.39, 0.29) is 0 Å². The van der Waals surface area contributed by atoms with E-state index in [0.717, 1.165) is 10.2 Å². The maximum atomic E-state index is 12.8. The van der Waals surface area contributed by atoms with Gasteiger partial charge in [-0.1, -0.05) is 27.5 Å². The van der Waals surface area contributed by atoms with Crippen LogP contribution in [0.5, 0.6) is 0 Å². The van der Waals surface area contributed by atoms with Crippen LogP contribution in [-0.2, 0) is 16.6 Å². The van der Waals surface area contributed by atoms with Crippen molar-refractivity contribution in [3.8, 4) is 5.69 Å². The lowest BCUT2D eigenvalue weighted by atomic mass is 10.3. The fourth-order valence-electron chi connectivity index (χ4n) is 3.17. The van der Waals surface area contributed by atoms with Crippen molar-refractivity contribution in [2.24, 2.45) is 0 Å². The van der Waals surface area contributed by atoms with Crippen molar-refractivity contribution in [1.29, 1.82) is 0 Å². The van der Waals surface area contributed by atoms with E-state index in [1.54, 1.807) is 41.1 Å². The fourth-order valence-corrected chi connectivity index (χ4v) is 4.98. The molecule has 1 aliphatic heterocycles. The molecule has 0 N–H and O–H groups in total. The van der Waals surface area contributed by atoms with E-state index in [9.17, 15) is 8.42 Å². The summed E-state index contributed by atoms with van der Waals surface area (Å²) >= 11 is 9.28. The van der Waals surface area contributed by atoms with Gasteiger partial charge in [0.15, 0.2) is 5.82 Å². The first-order valence-electron chi connectivity index (χ1n) is 8.95. The van der Waals surface area contributed by atoms with E-state index in [1.165, 1.54) is 4.31 Å². The van der Waals surface area contributed by atoms with Gasteiger partial charge >= 0.3 is 0 Å². The first-order valence-corrected chi connectivity index (χ1v) is 11.6. The molecule has 152 valence electrons. The molecule has 0 atom stereocenters. The molecule has 11 heteroatoms. The molecule has 0 radical (unpaired) electrons. The highest BCUT2D eigenvalue weighted by Gasteiger charge is 2.29. The molecule has 0 aliphatic carbocycles. The quantitative estimate of drug-likeness (QED) is 0.539.